The van der Waals surface area contributed by atoms with Gasteiger partial charge in [0.05, 0.1) is 0 Å². The first-order valence-electron chi connectivity index (χ1n) is 8.07. The molecular weight excluding hydrogens is 264 g/mol. The highest BCUT2D eigenvalue weighted by molar-refractivity contribution is 5.92. The molecule has 1 N–H and O–H groups in total. The molecule has 0 aliphatic carbocycles. The van der Waals surface area contributed by atoms with E-state index in [1.54, 1.807) is 12.3 Å². The molecule has 1 amide bonds. The average molecular weight is 290 g/mol. The van der Waals surface area contributed by atoms with Gasteiger partial charge in [-0.05, 0) is 31.2 Å². The maximum Gasteiger partial charge on any atom is 0.270 e. The van der Waals surface area contributed by atoms with E-state index in [1.807, 2.05) is 0 Å². The van der Waals surface area contributed by atoms with Crippen molar-refractivity contribution in [1.29, 1.82) is 0 Å². The zero-order chi connectivity index (χ0) is 15.1. The van der Waals surface area contributed by atoms with Crippen molar-refractivity contribution < 1.29 is 4.79 Å². The van der Waals surface area contributed by atoms with Gasteiger partial charge in [0, 0.05) is 25.8 Å². The van der Waals surface area contributed by atoms with E-state index in [1.165, 1.54) is 0 Å². The summed E-state index contributed by atoms with van der Waals surface area (Å²) in [6.07, 6.45) is 7.32. The molecule has 0 spiro atoms. The highest BCUT2D eigenvalue weighted by Gasteiger charge is 2.19. The number of rotatable bonds is 6. The lowest BCUT2D eigenvalue weighted by molar-refractivity contribution is 0.0948. The average Bonchev–Trinajstić information content (AvgIpc) is 2.52. The van der Waals surface area contributed by atoms with Crippen LogP contribution in [0.2, 0.25) is 0 Å². The van der Waals surface area contributed by atoms with Gasteiger partial charge in [-0.15, -0.1) is 0 Å². The van der Waals surface area contributed by atoms with Gasteiger partial charge < -0.3 is 10.2 Å². The molecule has 1 aliphatic heterocycles. The lowest BCUT2D eigenvalue weighted by Gasteiger charge is -2.30. The van der Waals surface area contributed by atoms with Crippen molar-refractivity contribution >= 4 is 11.9 Å². The summed E-state index contributed by atoms with van der Waals surface area (Å²) in [5, 5.41) is 2.92. The van der Waals surface area contributed by atoms with Crippen LogP contribution >= 0.6 is 0 Å². The third-order valence-electron chi connectivity index (χ3n) is 4.01. The van der Waals surface area contributed by atoms with Crippen LogP contribution in [0.3, 0.4) is 0 Å². The van der Waals surface area contributed by atoms with E-state index < -0.39 is 0 Å². The van der Waals surface area contributed by atoms with Crippen LogP contribution in [0.25, 0.3) is 0 Å². The van der Waals surface area contributed by atoms with Gasteiger partial charge in [0.2, 0.25) is 5.95 Å². The zero-order valence-corrected chi connectivity index (χ0v) is 13.1. The van der Waals surface area contributed by atoms with Crippen molar-refractivity contribution in [2.45, 2.75) is 46.0 Å². The van der Waals surface area contributed by atoms with Crippen LogP contribution in [0.15, 0.2) is 12.3 Å². The molecule has 1 aromatic heterocycles. The summed E-state index contributed by atoms with van der Waals surface area (Å²) < 4.78 is 0. The van der Waals surface area contributed by atoms with Crippen molar-refractivity contribution in [3.05, 3.63) is 18.0 Å². The summed E-state index contributed by atoms with van der Waals surface area (Å²) in [7, 11) is 0. The van der Waals surface area contributed by atoms with Gasteiger partial charge in [-0.25, -0.2) is 9.97 Å². The van der Waals surface area contributed by atoms with Gasteiger partial charge in [-0.1, -0.05) is 26.7 Å². The molecular formula is C16H26N4O. The Morgan fingerprint density at radius 2 is 2.14 bits per heavy atom. The third-order valence-corrected chi connectivity index (χ3v) is 4.01. The summed E-state index contributed by atoms with van der Waals surface area (Å²) in [6.45, 7) is 7.09. The van der Waals surface area contributed by atoms with Crippen LogP contribution in [-0.4, -0.2) is 35.5 Å². The Morgan fingerprint density at radius 1 is 1.38 bits per heavy atom. The number of unbranched alkanes of at least 4 members (excludes halogenated alkanes) is 2. The minimum Gasteiger partial charge on any atom is -0.351 e. The predicted octanol–water partition coefficient (Wildman–Crippen LogP) is 2.63. The van der Waals surface area contributed by atoms with Crippen LogP contribution in [-0.2, 0) is 0 Å². The zero-order valence-electron chi connectivity index (χ0n) is 13.1. The summed E-state index contributed by atoms with van der Waals surface area (Å²) in [4.78, 5) is 23.0. The number of anilines is 1. The van der Waals surface area contributed by atoms with E-state index in [0.717, 1.165) is 51.1 Å². The number of hydrogen-bond acceptors (Lipinski definition) is 4. The van der Waals surface area contributed by atoms with Crippen LogP contribution in [0.5, 0.6) is 0 Å². The standard InChI is InChI=1S/C16H26N4O/c1-3-4-5-9-17-15(21)14-6-10-18-16(19-14)20-11-7-13(2)8-12-20/h6,10,13H,3-5,7-9,11-12H2,1-2H3,(H,17,21). The molecule has 1 aromatic rings. The van der Waals surface area contributed by atoms with E-state index in [0.29, 0.717) is 18.2 Å². The van der Waals surface area contributed by atoms with Gasteiger partial charge in [0.15, 0.2) is 0 Å². The summed E-state index contributed by atoms with van der Waals surface area (Å²) >= 11 is 0. The van der Waals surface area contributed by atoms with E-state index >= 15 is 0 Å². The lowest BCUT2D eigenvalue weighted by Crippen LogP contribution is -2.34. The number of nitrogens with zero attached hydrogens (tertiary/aromatic N) is 3. The molecule has 1 saturated heterocycles. The smallest absolute Gasteiger partial charge is 0.270 e. The molecule has 0 aromatic carbocycles. The molecule has 0 bridgehead atoms. The Hall–Kier alpha value is -1.65. The molecule has 5 heteroatoms. The number of aromatic nitrogens is 2. The molecule has 116 valence electrons. The molecule has 0 saturated carbocycles. The van der Waals surface area contributed by atoms with Gasteiger partial charge in [-0.3, -0.25) is 4.79 Å². The minimum absolute atomic E-state index is 0.0971. The maximum absolute atomic E-state index is 12.1. The SMILES string of the molecule is CCCCCNC(=O)c1ccnc(N2CCC(C)CC2)n1. The van der Waals surface area contributed by atoms with Crippen molar-refractivity contribution in [3.8, 4) is 0 Å². The Balaban J connectivity index is 1.92. The molecule has 2 heterocycles. The first-order valence-corrected chi connectivity index (χ1v) is 8.07. The van der Waals surface area contributed by atoms with Gasteiger partial charge in [-0.2, -0.15) is 0 Å². The molecule has 5 nitrogen and oxygen atoms in total. The van der Waals surface area contributed by atoms with Gasteiger partial charge >= 0.3 is 0 Å². The first-order chi connectivity index (χ1) is 10.2. The lowest BCUT2D eigenvalue weighted by atomic mass is 10.00. The summed E-state index contributed by atoms with van der Waals surface area (Å²) in [6, 6.07) is 1.69. The molecule has 0 atom stereocenters. The highest BCUT2D eigenvalue weighted by atomic mass is 16.1. The van der Waals surface area contributed by atoms with Gasteiger partial charge in [0.1, 0.15) is 5.69 Å². The van der Waals surface area contributed by atoms with Crippen molar-refractivity contribution in [2.75, 3.05) is 24.5 Å². The van der Waals surface area contributed by atoms with E-state index in [-0.39, 0.29) is 5.91 Å². The monoisotopic (exact) mass is 290 g/mol. The predicted molar refractivity (Wildman–Crippen MR) is 84.5 cm³/mol. The van der Waals surface area contributed by atoms with Crippen molar-refractivity contribution in [2.24, 2.45) is 5.92 Å². The maximum atomic E-state index is 12.1. The number of nitrogens with one attached hydrogen (secondary N) is 1. The van der Waals surface area contributed by atoms with Crippen LogP contribution in [0.4, 0.5) is 5.95 Å². The molecule has 1 fully saturated rings. The Kier molecular flexibility index (Phi) is 5.96. The second-order valence-corrected chi connectivity index (χ2v) is 5.87. The van der Waals surface area contributed by atoms with Crippen molar-refractivity contribution in [3.63, 3.8) is 0 Å². The normalized spacial score (nSPS) is 16.0. The molecule has 21 heavy (non-hydrogen) atoms. The van der Waals surface area contributed by atoms with Gasteiger partial charge in [0.25, 0.3) is 5.91 Å². The topological polar surface area (TPSA) is 58.1 Å². The van der Waals surface area contributed by atoms with E-state index in [9.17, 15) is 4.79 Å². The number of amides is 1. The second-order valence-electron chi connectivity index (χ2n) is 5.87. The Morgan fingerprint density at radius 3 is 2.86 bits per heavy atom. The molecule has 0 unspecified atom stereocenters. The fraction of sp³-hybridized carbons (Fsp3) is 0.688. The summed E-state index contributed by atoms with van der Waals surface area (Å²) in [5.74, 6) is 1.36. The number of carbonyl (C=O) groups excluding carboxylic acids is 1. The number of hydrogen-bond donors (Lipinski definition) is 1. The molecule has 1 aliphatic rings. The van der Waals surface area contributed by atoms with Crippen LogP contribution in [0.1, 0.15) is 56.4 Å². The molecule has 2 rings (SSSR count). The summed E-state index contributed by atoms with van der Waals surface area (Å²) in [5.41, 5.74) is 0.468. The quantitative estimate of drug-likeness (QED) is 0.818. The first kappa shape index (κ1) is 15.7. The molecule has 0 radical (unpaired) electrons. The Labute approximate surface area is 127 Å². The minimum atomic E-state index is -0.0971. The highest BCUT2D eigenvalue weighted by Crippen LogP contribution is 2.19. The fourth-order valence-corrected chi connectivity index (χ4v) is 2.50. The van der Waals surface area contributed by atoms with Crippen molar-refractivity contribution in [1.82, 2.24) is 15.3 Å². The van der Waals surface area contributed by atoms with Crippen LogP contribution in [0, 0.1) is 5.92 Å². The van der Waals surface area contributed by atoms with E-state index in [2.05, 4.69) is 34.0 Å². The largest absolute Gasteiger partial charge is 0.351 e. The Bertz CT molecular complexity index is 455. The third kappa shape index (κ3) is 4.69. The fourth-order valence-electron chi connectivity index (χ4n) is 2.50. The number of carbonyl (C=O) groups is 1. The number of piperidine rings is 1. The second kappa shape index (κ2) is 7.96. The van der Waals surface area contributed by atoms with E-state index in [4.69, 9.17) is 0 Å². The van der Waals surface area contributed by atoms with Crippen LogP contribution < -0.4 is 10.2 Å².